The van der Waals surface area contributed by atoms with Crippen LogP contribution in [0.15, 0.2) is 48.7 Å². The van der Waals surface area contributed by atoms with Crippen LogP contribution in [0.3, 0.4) is 0 Å². The van der Waals surface area contributed by atoms with Gasteiger partial charge < -0.3 is 14.4 Å². The topological polar surface area (TPSA) is 80.5 Å². The quantitative estimate of drug-likeness (QED) is 0.468. The third-order valence-electron chi connectivity index (χ3n) is 6.02. The molecule has 3 aromatic rings. The summed E-state index contributed by atoms with van der Waals surface area (Å²) in [5, 5.41) is 9.17. The first-order valence-corrected chi connectivity index (χ1v) is 11.4. The fourth-order valence-corrected chi connectivity index (χ4v) is 4.20. The van der Waals surface area contributed by atoms with E-state index in [4.69, 9.17) is 21.4 Å². The van der Waals surface area contributed by atoms with Crippen molar-refractivity contribution in [2.45, 2.75) is 31.9 Å². The predicted molar refractivity (Wildman–Crippen MR) is 127 cm³/mol. The second-order valence-electron chi connectivity index (χ2n) is 8.31. The fourth-order valence-electron chi connectivity index (χ4n) is 4.04. The van der Waals surface area contributed by atoms with Gasteiger partial charge in [-0.3, -0.25) is 4.90 Å². The van der Waals surface area contributed by atoms with Crippen LogP contribution in [0.4, 0.5) is 4.39 Å². The monoisotopic (exact) mass is 484 g/mol. The summed E-state index contributed by atoms with van der Waals surface area (Å²) in [5.41, 5.74) is 2.17. The number of likely N-dealkylation sites (tertiary alicyclic amines) is 1. The zero-order valence-electron chi connectivity index (χ0n) is 18.8. The molecule has 1 saturated heterocycles. The Morgan fingerprint density at radius 1 is 1.29 bits per heavy atom. The molecule has 1 fully saturated rings. The van der Waals surface area contributed by atoms with E-state index < -0.39 is 11.8 Å². The Kier molecular flexibility index (Phi) is 7.59. The largest absolute Gasteiger partial charge is 0.478 e. The van der Waals surface area contributed by atoms with E-state index in [0.29, 0.717) is 28.9 Å². The van der Waals surface area contributed by atoms with Crippen molar-refractivity contribution < 1.29 is 19.0 Å². The Labute approximate surface area is 202 Å². The number of carboxylic acid groups (broad SMARTS) is 1. The van der Waals surface area contributed by atoms with Crippen LogP contribution in [0.2, 0.25) is 5.02 Å². The lowest BCUT2D eigenvalue weighted by Crippen LogP contribution is -2.33. The van der Waals surface area contributed by atoms with Crippen molar-refractivity contribution in [2.75, 3.05) is 13.1 Å². The summed E-state index contributed by atoms with van der Waals surface area (Å²) in [6.07, 6.45) is 6.26. The Morgan fingerprint density at radius 3 is 2.82 bits per heavy atom. The molecule has 9 heteroatoms. The number of carbonyl (C=O) groups is 1. The first kappa shape index (κ1) is 23.9. The van der Waals surface area contributed by atoms with Crippen LogP contribution in [0.25, 0.3) is 6.08 Å². The minimum absolute atomic E-state index is 0.0885. The number of hydrogen-bond acceptors (Lipinski definition) is 5. The van der Waals surface area contributed by atoms with Crippen LogP contribution in [-0.4, -0.2) is 43.6 Å². The molecular weight excluding hydrogens is 459 g/mol. The number of nitrogens with zero attached hydrogens (tertiary/aromatic N) is 4. The number of carboxylic acids is 1. The van der Waals surface area contributed by atoms with E-state index in [1.54, 1.807) is 30.5 Å². The molecule has 3 heterocycles. The van der Waals surface area contributed by atoms with Crippen molar-refractivity contribution >= 4 is 23.6 Å². The standard InChI is InChI=1S/C25H26ClFN4O3/c1-30-20(7-8-25(32)33)14-28-23(30)15-31-11-9-17(10-12-31)22-3-2-4-24(29-22)34-16-18-5-6-19(26)13-21(18)27/h2-8,13-14,17H,9-12,15-16H2,1H3,(H,32,33)/b8-7+. The zero-order valence-corrected chi connectivity index (χ0v) is 19.6. The summed E-state index contributed by atoms with van der Waals surface area (Å²) in [7, 11) is 1.89. The SMILES string of the molecule is Cn1c(/C=C/C(=O)O)cnc1CN1CCC(c2cccc(OCc3ccc(Cl)cc3F)n2)CC1. The number of imidazole rings is 1. The Balaban J connectivity index is 1.32. The zero-order chi connectivity index (χ0) is 24.1. The van der Waals surface area contributed by atoms with Gasteiger partial charge in [0.05, 0.1) is 18.4 Å². The van der Waals surface area contributed by atoms with Crippen molar-refractivity contribution in [3.05, 3.63) is 82.3 Å². The van der Waals surface area contributed by atoms with E-state index in [2.05, 4.69) is 14.9 Å². The second-order valence-corrected chi connectivity index (χ2v) is 8.74. The highest BCUT2D eigenvalue weighted by Gasteiger charge is 2.23. The van der Waals surface area contributed by atoms with Gasteiger partial charge in [-0.05, 0) is 50.2 Å². The van der Waals surface area contributed by atoms with E-state index in [9.17, 15) is 9.18 Å². The minimum Gasteiger partial charge on any atom is -0.478 e. The molecule has 0 unspecified atom stereocenters. The van der Waals surface area contributed by atoms with Crippen LogP contribution >= 0.6 is 11.6 Å². The molecule has 0 aliphatic carbocycles. The van der Waals surface area contributed by atoms with Gasteiger partial charge in [0, 0.05) is 41.4 Å². The van der Waals surface area contributed by atoms with Gasteiger partial charge in [0.2, 0.25) is 5.88 Å². The number of rotatable bonds is 8. The summed E-state index contributed by atoms with van der Waals surface area (Å²) < 4.78 is 21.6. The number of ether oxygens (including phenoxy) is 1. The average Bonchev–Trinajstić information content (AvgIpc) is 3.17. The summed E-state index contributed by atoms with van der Waals surface area (Å²) in [5.74, 6) is 0.317. The van der Waals surface area contributed by atoms with Crippen LogP contribution in [0, 0.1) is 5.82 Å². The number of hydrogen-bond donors (Lipinski definition) is 1. The number of benzene rings is 1. The molecule has 1 N–H and O–H groups in total. The van der Waals surface area contributed by atoms with E-state index >= 15 is 0 Å². The van der Waals surface area contributed by atoms with Crippen molar-refractivity contribution in [3.63, 3.8) is 0 Å². The molecule has 2 aromatic heterocycles. The number of piperidine rings is 1. The van der Waals surface area contributed by atoms with Crippen molar-refractivity contribution in [2.24, 2.45) is 7.05 Å². The summed E-state index contributed by atoms with van der Waals surface area (Å²) in [6.45, 7) is 2.60. The van der Waals surface area contributed by atoms with Crippen molar-refractivity contribution in [1.82, 2.24) is 19.4 Å². The molecule has 1 aliphatic rings. The fraction of sp³-hybridized carbons (Fsp3) is 0.320. The van der Waals surface area contributed by atoms with E-state index in [1.807, 2.05) is 23.7 Å². The smallest absolute Gasteiger partial charge is 0.328 e. The lowest BCUT2D eigenvalue weighted by molar-refractivity contribution is -0.131. The molecule has 1 aliphatic heterocycles. The molecule has 0 spiro atoms. The van der Waals surface area contributed by atoms with Gasteiger partial charge in [-0.2, -0.15) is 0 Å². The first-order valence-electron chi connectivity index (χ1n) is 11.1. The lowest BCUT2D eigenvalue weighted by atomic mass is 9.93. The third kappa shape index (κ3) is 6.01. The van der Waals surface area contributed by atoms with Crippen LogP contribution in [0.1, 0.15) is 41.5 Å². The highest BCUT2D eigenvalue weighted by Crippen LogP contribution is 2.29. The molecule has 0 saturated carbocycles. The van der Waals surface area contributed by atoms with Gasteiger partial charge in [0.15, 0.2) is 0 Å². The maximum atomic E-state index is 14.0. The van der Waals surface area contributed by atoms with Gasteiger partial charge in [-0.25, -0.2) is 19.2 Å². The lowest BCUT2D eigenvalue weighted by Gasteiger charge is -2.31. The molecular formula is C25H26ClFN4O3. The summed E-state index contributed by atoms with van der Waals surface area (Å²) >= 11 is 5.80. The van der Waals surface area contributed by atoms with Crippen LogP contribution < -0.4 is 4.74 Å². The van der Waals surface area contributed by atoms with Gasteiger partial charge in [0.25, 0.3) is 0 Å². The number of aliphatic carboxylic acids is 1. The molecule has 178 valence electrons. The number of aromatic nitrogens is 3. The van der Waals surface area contributed by atoms with Crippen molar-refractivity contribution in [1.29, 1.82) is 0 Å². The van der Waals surface area contributed by atoms with Gasteiger partial charge in [-0.15, -0.1) is 0 Å². The van der Waals surface area contributed by atoms with E-state index in [0.717, 1.165) is 49.2 Å². The Morgan fingerprint density at radius 2 is 2.09 bits per heavy atom. The van der Waals surface area contributed by atoms with Crippen LogP contribution in [-0.2, 0) is 25.0 Å². The van der Waals surface area contributed by atoms with E-state index in [-0.39, 0.29) is 6.61 Å². The first-order chi connectivity index (χ1) is 16.4. The van der Waals surface area contributed by atoms with E-state index in [1.165, 1.54) is 6.07 Å². The molecule has 4 rings (SSSR count). The predicted octanol–water partition coefficient (Wildman–Crippen LogP) is 4.66. The average molecular weight is 485 g/mol. The molecule has 0 amide bonds. The van der Waals surface area contributed by atoms with Crippen LogP contribution in [0.5, 0.6) is 5.88 Å². The highest BCUT2D eigenvalue weighted by molar-refractivity contribution is 6.30. The molecule has 0 radical (unpaired) electrons. The summed E-state index contributed by atoms with van der Waals surface area (Å²) in [4.78, 5) is 22.2. The molecule has 1 aromatic carbocycles. The molecule has 0 bridgehead atoms. The second kappa shape index (κ2) is 10.8. The van der Waals surface area contributed by atoms with Crippen molar-refractivity contribution in [3.8, 4) is 5.88 Å². The summed E-state index contributed by atoms with van der Waals surface area (Å²) in [6, 6.07) is 10.2. The minimum atomic E-state index is -0.981. The highest BCUT2D eigenvalue weighted by atomic mass is 35.5. The molecule has 34 heavy (non-hydrogen) atoms. The number of halogens is 2. The third-order valence-corrected chi connectivity index (χ3v) is 6.26. The normalized spacial score (nSPS) is 15.1. The van der Waals surface area contributed by atoms with Gasteiger partial charge in [-0.1, -0.05) is 23.7 Å². The molecule has 0 atom stereocenters. The maximum Gasteiger partial charge on any atom is 0.328 e. The van der Waals surface area contributed by atoms with Gasteiger partial charge >= 0.3 is 5.97 Å². The Bertz CT molecular complexity index is 1190. The number of pyridine rings is 1. The van der Waals surface area contributed by atoms with Gasteiger partial charge in [0.1, 0.15) is 18.2 Å². The maximum absolute atomic E-state index is 14.0. The molecule has 7 nitrogen and oxygen atoms in total. The Hall–Kier alpha value is -3.23.